The van der Waals surface area contributed by atoms with E-state index in [1.165, 1.54) is 276 Å². The zero-order valence-electron chi connectivity index (χ0n) is 49.8. The van der Waals surface area contributed by atoms with E-state index in [0.29, 0.717) is 25.9 Å². The van der Waals surface area contributed by atoms with Crippen LogP contribution in [0.2, 0.25) is 0 Å². The van der Waals surface area contributed by atoms with Crippen LogP contribution in [0.25, 0.3) is 0 Å². The molecule has 0 aromatic heterocycles. The molecular formula is C68H129NO5. The summed E-state index contributed by atoms with van der Waals surface area (Å²) in [4.78, 5) is 24.5. The van der Waals surface area contributed by atoms with Crippen molar-refractivity contribution in [1.29, 1.82) is 0 Å². The Labute approximate surface area is 462 Å². The van der Waals surface area contributed by atoms with Gasteiger partial charge < -0.3 is 20.3 Å². The number of nitrogens with one attached hydrogen (secondary N) is 1. The molecule has 6 heteroatoms. The molecule has 0 spiro atoms. The number of amides is 1. The van der Waals surface area contributed by atoms with Crippen LogP contribution in [-0.4, -0.2) is 47.4 Å². The van der Waals surface area contributed by atoms with Crippen LogP contribution in [0.15, 0.2) is 36.5 Å². The van der Waals surface area contributed by atoms with Crippen LogP contribution in [-0.2, 0) is 14.3 Å². The second-order valence-electron chi connectivity index (χ2n) is 22.8. The van der Waals surface area contributed by atoms with Crippen LogP contribution in [0, 0.1) is 0 Å². The predicted molar refractivity (Wildman–Crippen MR) is 324 cm³/mol. The molecule has 436 valence electrons. The van der Waals surface area contributed by atoms with Crippen molar-refractivity contribution in [3.8, 4) is 0 Å². The quantitative estimate of drug-likeness (QED) is 0.0320. The fraction of sp³-hybridized carbons (Fsp3) is 0.882. The van der Waals surface area contributed by atoms with Gasteiger partial charge in [0, 0.05) is 12.8 Å². The lowest BCUT2D eigenvalue weighted by atomic mass is 10.0. The van der Waals surface area contributed by atoms with Gasteiger partial charge in [-0.2, -0.15) is 0 Å². The number of carbonyl (C=O) groups is 2. The first-order valence-electron chi connectivity index (χ1n) is 33.2. The first kappa shape index (κ1) is 72.1. The molecule has 0 saturated carbocycles. The Kier molecular flexibility index (Phi) is 62.0. The van der Waals surface area contributed by atoms with Crippen molar-refractivity contribution in [2.24, 2.45) is 0 Å². The van der Waals surface area contributed by atoms with Gasteiger partial charge in [0.05, 0.1) is 25.4 Å². The minimum atomic E-state index is -0.661. The number of unbranched alkanes of at least 4 members (excludes halogenated alkanes) is 45. The van der Waals surface area contributed by atoms with Gasteiger partial charge in [-0.1, -0.05) is 301 Å². The van der Waals surface area contributed by atoms with E-state index in [1.54, 1.807) is 0 Å². The first-order valence-corrected chi connectivity index (χ1v) is 33.2. The van der Waals surface area contributed by atoms with Crippen molar-refractivity contribution in [1.82, 2.24) is 5.32 Å². The number of allylic oxidation sites excluding steroid dienone is 6. The maximum atomic E-state index is 12.4. The zero-order chi connectivity index (χ0) is 53.6. The summed E-state index contributed by atoms with van der Waals surface area (Å²) in [5, 5.41) is 23.1. The lowest BCUT2D eigenvalue weighted by Gasteiger charge is -2.22. The van der Waals surface area contributed by atoms with Gasteiger partial charge in [-0.25, -0.2) is 0 Å². The van der Waals surface area contributed by atoms with Gasteiger partial charge in [0.2, 0.25) is 5.91 Å². The molecule has 74 heavy (non-hydrogen) atoms. The Morgan fingerprint density at radius 3 is 1.04 bits per heavy atom. The van der Waals surface area contributed by atoms with E-state index >= 15 is 0 Å². The third-order valence-electron chi connectivity index (χ3n) is 15.4. The topological polar surface area (TPSA) is 95.9 Å². The predicted octanol–water partition coefficient (Wildman–Crippen LogP) is 21.1. The molecule has 2 unspecified atom stereocenters. The summed E-state index contributed by atoms with van der Waals surface area (Å²) in [7, 11) is 0. The average molecular weight is 1040 g/mol. The maximum absolute atomic E-state index is 12.4. The number of rotatable bonds is 62. The molecule has 0 fully saturated rings. The third kappa shape index (κ3) is 59.3. The summed E-state index contributed by atoms with van der Waals surface area (Å²) in [6, 6.07) is -0.539. The number of ether oxygens (including phenoxy) is 1. The lowest BCUT2D eigenvalue weighted by molar-refractivity contribution is -0.143. The highest BCUT2D eigenvalue weighted by atomic mass is 16.5. The third-order valence-corrected chi connectivity index (χ3v) is 15.4. The highest BCUT2D eigenvalue weighted by molar-refractivity contribution is 5.76. The first-order chi connectivity index (χ1) is 36.5. The molecule has 0 bridgehead atoms. The smallest absolute Gasteiger partial charge is 0.305 e. The molecule has 0 aromatic carbocycles. The molecule has 0 aliphatic carbocycles. The van der Waals surface area contributed by atoms with Crippen molar-refractivity contribution in [3.05, 3.63) is 36.5 Å². The van der Waals surface area contributed by atoms with Gasteiger partial charge in [0.25, 0.3) is 0 Å². The zero-order valence-corrected chi connectivity index (χ0v) is 49.8. The van der Waals surface area contributed by atoms with Gasteiger partial charge in [-0.3, -0.25) is 9.59 Å². The number of hydrogen-bond acceptors (Lipinski definition) is 5. The van der Waals surface area contributed by atoms with Crippen molar-refractivity contribution >= 4 is 11.9 Å². The van der Waals surface area contributed by atoms with Gasteiger partial charge in [0.1, 0.15) is 0 Å². The Morgan fingerprint density at radius 2 is 0.676 bits per heavy atom. The molecule has 1 amide bonds. The molecule has 0 aliphatic heterocycles. The summed E-state index contributed by atoms with van der Waals surface area (Å²) in [6.45, 7) is 4.94. The number of aliphatic hydroxyl groups excluding tert-OH is 2. The monoisotopic (exact) mass is 1040 g/mol. The van der Waals surface area contributed by atoms with E-state index in [9.17, 15) is 19.8 Å². The average Bonchev–Trinajstić information content (AvgIpc) is 3.40. The summed E-state index contributed by atoms with van der Waals surface area (Å²) in [5.41, 5.74) is 0. The maximum Gasteiger partial charge on any atom is 0.305 e. The minimum Gasteiger partial charge on any atom is -0.466 e. The Morgan fingerprint density at radius 1 is 0.378 bits per heavy atom. The van der Waals surface area contributed by atoms with E-state index < -0.39 is 12.1 Å². The second kappa shape index (κ2) is 63.6. The highest BCUT2D eigenvalue weighted by Gasteiger charge is 2.20. The van der Waals surface area contributed by atoms with E-state index in [-0.39, 0.29) is 18.5 Å². The summed E-state index contributed by atoms with van der Waals surface area (Å²) in [6.07, 6.45) is 80.5. The van der Waals surface area contributed by atoms with E-state index in [0.717, 1.165) is 51.4 Å². The van der Waals surface area contributed by atoms with E-state index in [4.69, 9.17) is 4.74 Å². The molecule has 0 rings (SSSR count). The van der Waals surface area contributed by atoms with E-state index in [1.807, 2.05) is 0 Å². The molecular weight excluding hydrogens is 911 g/mol. The second-order valence-corrected chi connectivity index (χ2v) is 22.8. The van der Waals surface area contributed by atoms with Crippen LogP contribution in [0.3, 0.4) is 0 Å². The van der Waals surface area contributed by atoms with Crippen molar-refractivity contribution in [2.45, 2.75) is 373 Å². The Hall–Kier alpha value is -1.92. The number of carbonyl (C=O) groups excluding carboxylic acids is 2. The molecule has 2 atom stereocenters. The molecule has 6 nitrogen and oxygen atoms in total. The fourth-order valence-corrected chi connectivity index (χ4v) is 10.3. The molecule has 0 aromatic rings. The lowest BCUT2D eigenvalue weighted by Crippen LogP contribution is -2.45. The normalized spacial score (nSPS) is 12.8. The van der Waals surface area contributed by atoms with Crippen LogP contribution in [0.1, 0.15) is 361 Å². The highest BCUT2D eigenvalue weighted by Crippen LogP contribution is 2.18. The van der Waals surface area contributed by atoms with Crippen molar-refractivity contribution in [3.63, 3.8) is 0 Å². The van der Waals surface area contributed by atoms with Crippen LogP contribution in [0.4, 0.5) is 0 Å². The standard InChI is InChI=1S/C68H129NO5/c1-3-5-7-9-11-13-14-15-16-32-36-39-42-46-50-54-58-62-68(73)74-63-59-55-51-47-43-40-37-34-31-29-27-25-23-21-19-17-18-20-22-24-26-28-30-33-35-38-41-45-49-53-57-61-67(72)69-65(64-70)66(71)60-56-52-48-44-12-10-8-6-4-2/h15-16,19,21,25,27,65-66,70-71H,3-14,17-18,20,22-24,26,28-64H2,1-2H3,(H,69,72)/b16-15-,21-19-,27-25-. The molecule has 0 aliphatic rings. The van der Waals surface area contributed by atoms with Crippen molar-refractivity contribution < 1.29 is 24.5 Å². The van der Waals surface area contributed by atoms with Gasteiger partial charge in [0.15, 0.2) is 0 Å². The number of esters is 1. The van der Waals surface area contributed by atoms with E-state index in [2.05, 4.69) is 55.6 Å². The van der Waals surface area contributed by atoms with Crippen LogP contribution < -0.4 is 5.32 Å². The largest absolute Gasteiger partial charge is 0.466 e. The molecule has 0 heterocycles. The SMILES string of the molecule is CCCCCCCC/C=C\CCCCCCCCCC(=O)OCCCCCCCCCCC/C=C\C/C=C\CCCCCCCCCCCCCCCCCC(=O)NC(CO)C(O)CCCCCCCCCCC. The molecule has 3 N–H and O–H groups in total. The molecule has 0 radical (unpaired) electrons. The fourth-order valence-electron chi connectivity index (χ4n) is 10.3. The Balaban J connectivity index is 3.36. The summed E-state index contributed by atoms with van der Waals surface area (Å²) < 4.78 is 5.49. The minimum absolute atomic E-state index is 0.00994. The van der Waals surface area contributed by atoms with Crippen LogP contribution in [0.5, 0.6) is 0 Å². The number of aliphatic hydroxyl groups is 2. The molecule has 0 saturated heterocycles. The van der Waals surface area contributed by atoms with Gasteiger partial charge >= 0.3 is 5.97 Å². The Bertz CT molecular complexity index is 1200. The van der Waals surface area contributed by atoms with Gasteiger partial charge in [-0.15, -0.1) is 0 Å². The van der Waals surface area contributed by atoms with Gasteiger partial charge in [-0.05, 0) is 83.5 Å². The van der Waals surface area contributed by atoms with Crippen molar-refractivity contribution in [2.75, 3.05) is 13.2 Å². The summed E-state index contributed by atoms with van der Waals surface area (Å²) >= 11 is 0. The number of hydrogen-bond donors (Lipinski definition) is 3. The summed E-state index contributed by atoms with van der Waals surface area (Å²) in [5.74, 6) is -0.0259. The van der Waals surface area contributed by atoms with Crippen LogP contribution >= 0.6 is 0 Å².